The Hall–Kier alpha value is -1.00. The van der Waals surface area contributed by atoms with E-state index in [-0.39, 0.29) is 0 Å². The van der Waals surface area contributed by atoms with Crippen LogP contribution in [0.5, 0.6) is 0 Å². The van der Waals surface area contributed by atoms with Gasteiger partial charge in [0.25, 0.3) is 0 Å². The fourth-order valence-corrected chi connectivity index (χ4v) is 1.36. The van der Waals surface area contributed by atoms with Crippen LogP contribution in [-0.2, 0) is 19.5 Å². The second kappa shape index (κ2) is 3.16. The Morgan fingerprint density at radius 3 is 3.25 bits per heavy atom. The molecule has 1 aromatic heterocycles. The molecule has 0 radical (unpaired) electrons. The maximum Gasteiger partial charge on any atom is 0.0761 e. The summed E-state index contributed by atoms with van der Waals surface area (Å²) in [6, 6.07) is 0. The molecule has 0 saturated carbocycles. The van der Waals surface area contributed by atoms with Crippen LogP contribution in [0.25, 0.3) is 0 Å². The van der Waals surface area contributed by atoms with Gasteiger partial charge in [0.2, 0.25) is 0 Å². The molecule has 2 rings (SSSR count). The minimum Gasteiger partial charge on any atom is -0.325 e. The van der Waals surface area contributed by atoms with Crippen LogP contribution in [0.1, 0.15) is 17.1 Å². The van der Waals surface area contributed by atoms with E-state index < -0.39 is 0 Å². The van der Waals surface area contributed by atoms with E-state index in [1.54, 1.807) is 6.20 Å². The number of fused-ring (bicyclic) bond motifs is 1. The normalized spacial score (nSPS) is 15.8. The number of nitrogens with one attached hydrogen (secondary N) is 1. The van der Waals surface area contributed by atoms with Gasteiger partial charge in [-0.05, 0) is 0 Å². The number of hydrogen-bond acceptors (Lipinski definition) is 4. The van der Waals surface area contributed by atoms with Crippen molar-refractivity contribution in [3.8, 4) is 0 Å². The van der Waals surface area contributed by atoms with Crippen molar-refractivity contribution in [1.82, 2.24) is 15.3 Å². The molecule has 1 aliphatic heterocycles. The molecule has 1 aromatic rings. The van der Waals surface area contributed by atoms with E-state index in [0.29, 0.717) is 6.54 Å². The van der Waals surface area contributed by atoms with E-state index in [2.05, 4.69) is 15.3 Å². The first kappa shape index (κ1) is 7.64. The molecular formula is C8H12N4. The van der Waals surface area contributed by atoms with Crippen molar-refractivity contribution in [3.63, 3.8) is 0 Å². The van der Waals surface area contributed by atoms with Crippen molar-refractivity contribution >= 4 is 0 Å². The molecule has 0 unspecified atom stereocenters. The molecule has 2 heterocycles. The van der Waals surface area contributed by atoms with Gasteiger partial charge < -0.3 is 11.1 Å². The van der Waals surface area contributed by atoms with Crippen LogP contribution in [0.2, 0.25) is 0 Å². The fraction of sp³-hybridized carbons (Fsp3) is 0.500. The SMILES string of the molecule is NCc1cnc2c(n1)CNCC2. The quantitative estimate of drug-likeness (QED) is 0.591. The van der Waals surface area contributed by atoms with Crippen molar-refractivity contribution < 1.29 is 0 Å². The number of nitrogens with two attached hydrogens (primary N) is 1. The Kier molecular flexibility index (Phi) is 2.01. The standard InChI is InChI=1S/C8H12N4/c9-3-6-4-11-7-1-2-10-5-8(7)12-6/h4,10H,1-3,5,9H2. The van der Waals surface area contributed by atoms with Crippen LogP contribution in [0.3, 0.4) is 0 Å². The molecule has 4 nitrogen and oxygen atoms in total. The Balaban J connectivity index is 2.36. The Bertz CT molecular complexity index is 284. The predicted octanol–water partition coefficient (Wildman–Crippen LogP) is -0.419. The van der Waals surface area contributed by atoms with E-state index in [0.717, 1.165) is 36.6 Å². The molecule has 0 fully saturated rings. The molecule has 0 amide bonds. The average Bonchev–Trinajstić information content (AvgIpc) is 2.17. The topological polar surface area (TPSA) is 63.8 Å². The van der Waals surface area contributed by atoms with E-state index in [4.69, 9.17) is 5.73 Å². The summed E-state index contributed by atoms with van der Waals surface area (Å²) in [4.78, 5) is 8.69. The van der Waals surface area contributed by atoms with E-state index in [1.165, 1.54) is 0 Å². The summed E-state index contributed by atoms with van der Waals surface area (Å²) in [6.07, 6.45) is 2.75. The van der Waals surface area contributed by atoms with Crippen LogP contribution < -0.4 is 11.1 Å². The van der Waals surface area contributed by atoms with Crippen LogP contribution in [0, 0.1) is 0 Å². The molecule has 0 aliphatic carbocycles. The van der Waals surface area contributed by atoms with Crippen molar-refractivity contribution in [1.29, 1.82) is 0 Å². The highest BCUT2D eigenvalue weighted by Gasteiger charge is 2.10. The predicted molar refractivity (Wildman–Crippen MR) is 45.3 cm³/mol. The van der Waals surface area contributed by atoms with Gasteiger partial charge in [-0.25, -0.2) is 0 Å². The number of hydrogen-bond donors (Lipinski definition) is 2. The Morgan fingerprint density at radius 1 is 1.50 bits per heavy atom. The zero-order chi connectivity index (χ0) is 8.39. The molecule has 64 valence electrons. The van der Waals surface area contributed by atoms with Gasteiger partial charge in [0, 0.05) is 26.1 Å². The summed E-state index contributed by atoms with van der Waals surface area (Å²) in [5.41, 5.74) is 8.51. The summed E-state index contributed by atoms with van der Waals surface area (Å²) >= 11 is 0. The number of aromatic nitrogens is 2. The van der Waals surface area contributed by atoms with Crippen molar-refractivity contribution in [2.24, 2.45) is 5.73 Å². The highest BCUT2D eigenvalue weighted by atomic mass is 14.9. The summed E-state index contributed by atoms with van der Waals surface area (Å²) in [5, 5.41) is 3.25. The second-order valence-electron chi connectivity index (χ2n) is 2.89. The van der Waals surface area contributed by atoms with Gasteiger partial charge in [-0.2, -0.15) is 0 Å². The first-order valence-corrected chi connectivity index (χ1v) is 4.14. The molecule has 4 heteroatoms. The maximum atomic E-state index is 5.46. The van der Waals surface area contributed by atoms with Gasteiger partial charge in [-0.1, -0.05) is 0 Å². The van der Waals surface area contributed by atoms with Crippen LogP contribution in [0.4, 0.5) is 0 Å². The highest BCUT2D eigenvalue weighted by molar-refractivity contribution is 5.16. The number of rotatable bonds is 1. The van der Waals surface area contributed by atoms with Crippen LogP contribution >= 0.6 is 0 Å². The average molecular weight is 164 g/mol. The third kappa shape index (κ3) is 1.31. The van der Waals surface area contributed by atoms with Gasteiger partial charge in [-0.15, -0.1) is 0 Å². The molecule has 0 spiro atoms. The van der Waals surface area contributed by atoms with Crippen molar-refractivity contribution in [2.45, 2.75) is 19.5 Å². The van der Waals surface area contributed by atoms with Crippen molar-refractivity contribution in [3.05, 3.63) is 23.3 Å². The first-order valence-electron chi connectivity index (χ1n) is 4.14. The Labute approximate surface area is 71.2 Å². The first-order chi connectivity index (χ1) is 5.90. The summed E-state index contributed by atoms with van der Waals surface area (Å²) in [7, 11) is 0. The van der Waals surface area contributed by atoms with Crippen LogP contribution in [0.15, 0.2) is 6.20 Å². The lowest BCUT2D eigenvalue weighted by atomic mass is 10.1. The third-order valence-electron chi connectivity index (χ3n) is 2.02. The zero-order valence-electron chi connectivity index (χ0n) is 6.88. The van der Waals surface area contributed by atoms with Gasteiger partial charge in [0.15, 0.2) is 0 Å². The van der Waals surface area contributed by atoms with Gasteiger partial charge in [-0.3, -0.25) is 9.97 Å². The molecule has 1 aliphatic rings. The molecular weight excluding hydrogens is 152 g/mol. The minimum atomic E-state index is 0.472. The summed E-state index contributed by atoms with van der Waals surface area (Å²) in [6.45, 7) is 2.31. The highest BCUT2D eigenvalue weighted by Crippen LogP contribution is 2.08. The van der Waals surface area contributed by atoms with Gasteiger partial charge >= 0.3 is 0 Å². The summed E-state index contributed by atoms with van der Waals surface area (Å²) < 4.78 is 0. The maximum absolute atomic E-state index is 5.46. The lowest BCUT2D eigenvalue weighted by Gasteiger charge is -2.15. The lowest BCUT2D eigenvalue weighted by molar-refractivity contribution is 0.608. The monoisotopic (exact) mass is 164 g/mol. The lowest BCUT2D eigenvalue weighted by Crippen LogP contribution is -2.26. The van der Waals surface area contributed by atoms with E-state index >= 15 is 0 Å². The fourth-order valence-electron chi connectivity index (χ4n) is 1.36. The molecule has 3 N–H and O–H groups in total. The van der Waals surface area contributed by atoms with Gasteiger partial charge in [0.1, 0.15) is 0 Å². The minimum absolute atomic E-state index is 0.472. The van der Waals surface area contributed by atoms with Crippen LogP contribution in [-0.4, -0.2) is 16.5 Å². The largest absolute Gasteiger partial charge is 0.325 e. The molecule has 0 saturated heterocycles. The smallest absolute Gasteiger partial charge is 0.0761 e. The summed E-state index contributed by atoms with van der Waals surface area (Å²) in [5.74, 6) is 0. The second-order valence-corrected chi connectivity index (χ2v) is 2.89. The molecule has 0 aromatic carbocycles. The zero-order valence-corrected chi connectivity index (χ0v) is 6.88. The molecule has 0 atom stereocenters. The third-order valence-corrected chi connectivity index (χ3v) is 2.02. The molecule has 12 heavy (non-hydrogen) atoms. The van der Waals surface area contributed by atoms with Crippen molar-refractivity contribution in [2.75, 3.05) is 6.54 Å². The Morgan fingerprint density at radius 2 is 2.42 bits per heavy atom. The molecule has 0 bridgehead atoms. The van der Waals surface area contributed by atoms with Gasteiger partial charge in [0.05, 0.1) is 23.3 Å². The van der Waals surface area contributed by atoms with E-state index in [1.807, 2.05) is 0 Å². The number of nitrogens with zero attached hydrogens (tertiary/aromatic N) is 2. The van der Waals surface area contributed by atoms with E-state index in [9.17, 15) is 0 Å².